The van der Waals surface area contributed by atoms with Crippen LogP contribution in [0, 0.1) is 0 Å². The van der Waals surface area contributed by atoms with Crippen LogP contribution in [-0.2, 0) is 4.74 Å². The van der Waals surface area contributed by atoms with Crippen LogP contribution in [0.25, 0.3) is 22.2 Å². The Morgan fingerprint density at radius 3 is 2.51 bits per heavy atom. The van der Waals surface area contributed by atoms with E-state index in [4.69, 9.17) is 19.2 Å². The lowest BCUT2D eigenvalue weighted by molar-refractivity contribution is 0.102. The van der Waals surface area contributed by atoms with E-state index in [1.165, 1.54) is 0 Å². The van der Waals surface area contributed by atoms with Gasteiger partial charge >= 0.3 is 0 Å². The number of nitrogens with one attached hydrogen (secondary N) is 1. The molecule has 1 N–H and O–H groups in total. The first-order valence-corrected chi connectivity index (χ1v) is 11.4. The normalized spacial score (nSPS) is 13.5. The number of methoxy groups -OCH3 is 2. The first-order valence-electron chi connectivity index (χ1n) is 11.4. The number of carbonyl (C=O) groups excluding carboxylic acids is 1. The number of benzene rings is 2. The van der Waals surface area contributed by atoms with Gasteiger partial charge in [0.1, 0.15) is 5.82 Å². The minimum Gasteiger partial charge on any atom is -0.493 e. The van der Waals surface area contributed by atoms with Gasteiger partial charge in [0.15, 0.2) is 11.5 Å². The fraction of sp³-hybridized carbons (Fsp3) is 0.222. The average molecular weight is 471 g/mol. The molecule has 0 atom stereocenters. The second-order valence-electron chi connectivity index (χ2n) is 8.10. The van der Waals surface area contributed by atoms with Gasteiger partial charge in [0.2, 0.25) is 0 Å². The van der Waals surface area contributed by atoms with Crippen molar-refractivity contribution >= 4 is 28.3 Å². The quantitative estimate of drug-likeness (QED) is 0.447. The molecule has 0 aliphatic carbocycles. The molecule has 178 valence electrons. The molecule has 0 radical (unpaired) electrons. The lowest BCUT2D eigenvalue weighted by atomic mass is 10.0. The van der Waals surface area contributed by atoms with Crippen molar-refractivity contribution in [2.45, 2.75) is 0 Å². The van der Waals surface area contributed by atoms with Crippen LogP contribution in [-0.4, -0.2) is 56.4 Å². The Morgan fingerprint density at radius 1 is 0.971 bits per heavy atom. The predicted octanol–water partition coefficient (Wildman–Crippen LogP) is 4.40. The molecule has 8 heteroatoms. The molecule has 35 heavy (non-hydrogen) atoms. The van der Waals surface area contributed by atoms with Gasteiger partial charge in [-0.05, 0) is 42.5 Å². The van der Waals surface area contributed by atoms with E-state index in [1.807, 2.05) is 54.6 Å². The maximum absolute atomic E-state index is 13.4. The topological polar surface area (TPSA) is 85.8 Å². The highest BCUT2D eigenvalue weighted by molar-refractivity contribution is 6.13. The molecule has 0 spiro atoms. The summed E-state index contributed by atoms with van der Waals surface area (Å²) < 4.78 is 16.2. The van der Waals surface area contributed by atoms with Gasteiger partial charge in [-0.15, -0.1) is 0 Å². The van der Waals surface area contributed by atoms with E-state index in [0.717, 1.165) is 35.4 Å². The van der Waals surface area contributed by atoms with Gasteiger partial charge < -0.3 is 24.4 Å². The highest BCUT2D eigenvalue weighted by atomic mass is 16.5. The van der Waals surface area contributed by atoms with Crippen molar-refractivity contribution in [2.75, 3.05) is 50.7 Å². The number of morpholine rings is 1. The maximum atomic E-state index is 13.4. The van der Waals surface area contributed by atoms with Crippen molar-refractivity contribution < 1.29 is 19.0 Å². The van der Waals surface area contributed by atoms with Crippen molar-refractivity contribution in [2.24, 2.45) is 0 Å². The van der Waals surface area contributed by atoms with Crippen molar-refractivity contribution in [1.29, 1.82) is 0 Å². The van der Waals surface area contributed by atoms with E-state index in [9.17, 15) is 4.79 Å². The molecule has 1 saturated heterocycles. The van der Waals surface area contributed by atoms with Gasteiger partial charge in [0, 0.05) is 24.0 Å². The van der Waals surface area contributed by atoms with Crippen LogP contribution in [0.4, 0.5) is 11.5 Å². The lowest BCUT2D eigenvalue weighted by Gasteiger charge is -2.27. The van der Waals surface area contributed by atoms with Crippen LogP contribution in [0.3, 0.4) is 0 Å². The van der Waals surface area contributed by atoms with Crippen LogP contribution in [0.15, 0.2) is 66.9 Å². The lowest BCUT2D eigenvalue weighted by Crippen LogP contribution is -2.36. The number of hydrogen-bond donors (Lipinski definition) is 1. The summed E-state index contributed by atoms with van der Waals surface area (Å²) in [4.78, 5) is 24.9. The standard InChI is InChI=1S/C27H26N4O4/c1-33-24-9-7-18(15-25(24)34-2)23-16-21(20-5-3-4-6-22(20)30-23)27(32)29-19-8-10-26(28-17-19)31-11-13-35-14-12-31/h3-10,15-17H,11-14H2,1-2H3,(H,29,32). The van der Waals surface area contributed by atoms with Gasteiger partial charge in [0.25, 0.3) is 5.91 Å². The highest BCUT2D eigenvalue weighted by Crippen LogP contribution is 2.33. The Labute approximate surface area is 203 Å². The van der Waals surface area contributed by atoms with Crippen molar-refractivity contribution in [3.63, 3.8) is 0 Å². The molecule has 1 amide bonds. The number of ether oxygens (including phenoxy) is 3. The number of para-hydroxylation sites is 1. The van der Waals surface area contributed by atoms with E-state index >= 15 is 0 Å². The molecule has 0 unspecified atom stereocenters. The molecule has 1 aliphatic heterocycles. The third-order valence-electron chi connectivity index (χ3n) is 5.98. The number of rotatable bonds is 6. The predicted molar refractivity (Wildman–Crippen MR) is 136 cm³/mol. The fourth-order valence-electron chi connectivity index (χ4n) is 4.14. The van der Waals surface area contributed by atoms with Crippen LogP contribution in [0.5, 0.6) is 11.5 Å². The first-order chi connectivity index (χ1) is 17.2. The van der Waals surface area contributed by atoms with Crippen molar-refractivity contribution in [3.05, 3.63) is 72.4 Å². The van der Waals surface area contributed by atoms with E-state index in [2.05, 4.69) is 15.2 Å². The van der Waals surface area contributed by atoms with Crippen LogP contribution < -0.4 is 19.7 Å². The summed E-state index contributed by atoms with van der Waals surface area (Å²) >= 11 is 0. The van der Waals surface area contributed by atoms with Crippen molar-refractivity contribution in [1.82, 2.24) is 9.97 Å². The zero-order chi connectivity index (χ0) is 24.2. The maximum Gasteiger partial charge on any atom is 0.256 e. The van der Waals surface area contributed by atoms with E-state index < -0.39 is 0 Å². The molecule has 8 nitrogen and oxygen atoms in total. The number of fused-ring (bicyclic) bond motifs is 1. The molecular formula is C27H26N4O4. The zero-order valence-electron chi connectivity index (χ0n) is 19.7. The number of carbonyl (C=O) groups is 1. The monoisotopic (exact) mass is 470 g/mol. The fourth-order valence-corrected chi connectivity index (χ4v) is 4.14. The summed E-state index contributed by atoms with van der Waals surface area (Å²) in [6, 6.07) is 18.8. The summed E-state index contributed by atoms with van der Waals surface area (Å²) in [5, 5.41) is 3.75. The van der Waals surface area contributed by atoms with E-state index in [0.29, 0.717) is 41.7 Å². The number of nitrogens with zero attached hydrogens (tertiary/aromatic N) is 3. The van der Waals surface area contributed by atoms with Gasteiger partial charge in [-0.3, -0.25) is 4.79 Å². The van der Waals surface area contributed by atoms with Gasteiger partial charge in [0.05, 0.1) is 56.1 Å². The SMILES string of the molecule is COc1ccc(-c2cc(C(=O)Nc3ccc(N4CCOCC4)nc3)c3ccccc3n2)cc1OC. The number of amides is 1. The Morgan fingerprint density at radius 2 is 1.77 bits per heavy atom. The van der Waals surface area contributed by atoms with Crippen LogP contribution >= 0.6 is 0 Å². The molecule has 2 aromatic carbocycles. The smallest absolute Gasteiger partial charge is 0.256 e. The van der Waals surface area contributed by atoms with Crippen LogP contribution in [0.1, 0.15) is 10.4 Å². The summed E-state index contributed by atoms with van der Waals surface area (Å²) in [6.45, 7) is 3.00. The Kier molecular flexibility index (Phi) is 6.45. The van der Waals surface area contributed by atoms with E-state index in [1.54, 1.807) is 26.5 Å². The second-order valence-corrected chi connectivity index (χ2v) is 8.10. The first kappa shape index (κ1) is 22.6. The molecule has 1 aliphatic rings. The molecule has 1 fully saturated rings. The molecule has 0 saturated carbocycles. The van der Waals surface area contributed by atoms with Crippen LogP contribution in [0.2, 0.25) is 0 Å². The molecule has 3 heterocycles. The average Bonchev–Trinajstić information content (AvgIpc) is 2.92. The number of anilines is 2. The number of hydrogen-bond acceptors (Lipinski definition) is 7. The third-order valence-corrected chi connectivity index (χ3v) is 5.98. The number of aromatic nitrogens is 2. The molecule has 4 aromatic rings. The Bertz CT molecular complexity index is 1350. The minimum atomic E-state index is -0.230. The summed E-state index contributed by atoms with van der Waals surface area (Å²) in [7, 11) is 3.18. The third kappa shape index (κ3) is 4.74. The Hall–Kier alpha value is -4.17. The largest absolute Gasteiger partial charge is 0.493 e. The van der Waals surface area contributed by atoms with Gasteiger partial charge in [-0.2, -0.15) is 0 Å². The summed E-state index contributed by atoms with van der Waals surface area (Å²) in [5.74, 6) is 1.86. The minimum absolute atomic E-state index is 0.230. The summed E-state index contributed by atoms with van der Waals surface area (Å²) in [6.07, 6.45) is 1.68. The number of pyridine rings is 2. The van der Waals surface area contributed by atoms with Crippen molar-refractivity contribution in [3.8, 4) is 22.8 Å². The Balaban J connectivity index is 1.46. The highest BCUT2D eigenvalue weighted by Gasteiger charge is 2.17. The second kappa shape index (κ2) is 9.99. The van der Waals surface area contributed by atoms with Gasteiger partial charge in [-0.1, -0.05) is 18.2 Å². The van der Waals surface area contributed by atoms with E-state index in [-0.39, 0.29) is 5.91 Å². The molecular weight excluding hydrogens is 444 g/mol. The zero-order valence-corrected chi connectivity index (χ0v) is 19.7. The molecule has 0 bridgehead atoms. The summed E-state index contributed by atoms with van der Waals surface area (Å²) in [5.41, 5.74) is 3.36. The van der Waals surface area contributed by atoms with Gasteiger partial charge in [-0.25, -0.2) is 9.97 Å². The molecule has 5 rings (SSSR count). The molecule has 2 aromatic heterocycles.